The van der Waals surface area contributed by atoms with E-state index in [1.807, 2.05) is 36.1 Å². The summed E-state index contributed by atoms with van der Waals surface area (Å²) in [4.78, 5) is 33.1. The van der Waals surface area contributed by atoms with Gasteiger partial charge in [-0.15, -0.1) is 11.8 Å². The lowest BCUT2D eigenvalue weighted by molar-refractivity contribution is -0.134. The number of anilines is 1. The van der Waals surface area contributed by atoms with E-state index in [2.05, 4.69) is 22.4 Å². The molecule has 2 aliphatic rings. The lowest BCUT2D eigenvalue weighted by Gasteiger charge is -2.33. The predicted molar refractivity (Wildman–Crippen MR) is 107 cm³/mol. The van der Waals surface area contributed by atoms with Crippen LogP contribution in [0.3, 0.4) is 0 Å². The molecule has 2 aromatic rings. The molecule has 0 radical (unpaired) electrons. The Kier molecular flexibility index (Phi) is 5.16. The molecule has 140 valence electrons. The van der Waals surface area contributed by atoms with Gasteiger partial charge in [-0.1, -0.05) is 24.3 Å². The first-order valence-corrected chi connectivity index (χ1v) is 10.3. The van der Waals surface area contributed by atoms with E-state index < -0.39 is 0 Å². The molecule has 2 aliphatic heterocycles. The van der Waals surface area contributed by atoms with Gasteiger partial charge in [-0.25, -0.2) is 4.98 Å². The third kappa shape index (κ3) is 4.00. The number of aromatic nitrogens is 1. The number of hydrogen-bond donors (Lipinski definition) is 1. The van der Waals surface area contributed by atoms with Crippen LogP contribution in [-0.4, -0.2) is 40.0 Å². The topological polar surface area (TPSA) is 62.3 Å². The van der Waals surface area contributed by atoms with Crippen molar-refractivity contribution < 1.29 is 9.59 Å². The first-order valence-electron chi connectivity index (χ1n) is 9.38. The van der Waals surface area contributed by atoms with E-state index in [4.69, 9.17) is 0 Å². The number of amides is 2. The number of nitrogens with one attached hydrogen (secondary N) is 1. The highest BCUT2D eigenvalue weighted by Gasteiger charge is 2.35. The van der Waals surface area contributed by atoms with Crippen molar-refractivity contribution in [3.63, 3.8) is 0 Å². The summed E-state index contributed by atoms with van der Waals surface area (Å²) >= 11 is 1.65. The maximum absolute atomic E-state index is 13.0. The van der Waals surface area contributed by atoms with Crippen LogP contribution in [0.1, 0.15) is 24.1 Å². The SMILES string of the molecule is Cc1cccc(NC(=O)C2CCCN(C(=O)C3Cc4ccccc4S3)C2)n1. The van der Waals surface area contributed by atoms with E-state index in [0.717, 1.165) is 31.5 Å². The minimum absolute atomic E-state index is 0.0482. The second-order valence-electron chi connectivity index (χ2n) is 7.20. The van der Waals surface area contributed by atoms with Crippen molar-refractivity contribution in [3.05, 3.63) is 53.7 Å². The van der Waals surface area contributed by atoms with Crippen LogP contribution < -0.4 is 5.32 Å². The molecule has 3 heterocycles. The number of hydrogen-bond acceptors (Lipinski definition) is 4. The third-order valence-electron chi connectivity index (χ3n) is 5.17. The first kappa shape index (κ1) is 18.0. The van der Waals surface area contributed by atoms with Gasteiger partial charge in [0.25, 0.3) is 0 Å². The molecular weight excluding hydrogens is 358 g/mol. The number of nitrogens with zero attached hydrogens (tertiary/aromatic N) is 2. The van der Waals surface area contributed by atoms with E-state index in [9.17, 15) is 9.59 Å². The summed E-state index contributed by atoms with van der Waals surface area (Å²) in [7, 11) is 0. The van der Waals surface area contributed by atoms with Gasteiger partial charge in [0.15, 0.2) is 0 Å². The predicted octanol–water partition coefficient (Wildman–Crippen LogP) is 3.28. The van der Waals surface area contributed by atoms with Gasteiger partial charge in [0.2, 0.25) is 11.8 Å². The van der Waals surface area contributed by atoms with Gasteiger partial charge in [-0.2, -0.15) is 0 Å². The summed E-state index contributed by atoms with van der Waals surface area (Å²) in [6.45, 7) is 3.12. The largest absolute Gasteiger partial charge is 0.341 e. The van der Waals surface area contributed by atoms with Crippen LogP contribution in [0.5, 0.6) is 0 Å². The Bertz CT molecular complexity index is 845. The fraction of sp³-hybridized carbons (Fsp3) is 0.381. The zero-order valence-corrected chi connectivity index (χ0v) is 16.2. The lowest BCUT2D eigenvalue weighted by atomic mass is 9.96. The second-order valence-corrected chi connectivity index (χ2v) is 8.44. The van der Waals surface area contributed by atoms with Crippen molar-refractivity contribution >= 4 is 29.4 Å². The number of aryl methyl sites for hydroxylation is 1. The van der Waals surface area contributed by atoms with Gasteiger partial charge in [-0.05, 0) is 49.9 Å². The van der Waals surface area contributed by atoms with Crippen LogP contribution >= 0.6 is 11.8 Å². The molecule has 5 nitrogen and oxygen atoms in total. The Hall–Kier alpha value is -2.34. The van der Waals surface area contributed by atoms with Gasteiger partial charge in [-0.3, -0.25) is 9.59 Å². The number of carbonyl (C=O) groups is 2. The highest BCUT2D eigenvalue weighted by atomic mass is 32.2. The van der Waals surface area contributed by atoms with Gasteiger partial charge in [0.05, 0.1) is 11.2 Å². The number of piperidine rings is 1. The van der Waals surface area contributed by atoms with E-state index in [0.29, 0.717) is 12.4 Å². The van der Waals surface area contributed by atoms with Crippen LogP contribution in [-0.2, 0) is 16.0 Å². The molecule has 4 rings (SSSR count). The molecule has 2 unspecified atom stereocenters. The number of fused-ring (bicyclic) bond motifs is 1. The first-order chi connectivity index (χ1) is 13.1. The number of benzene rings is 1. The monoisotopic (exact) mass is 381 g/mol. The molecule has 1 saturated heterocycles. The smallest absolute Gasteiger partial charge is 0.236 e. The van der Waals surface area contributed by atoms with Crippen LogP contribution in [0, 0.1) is 12.8 Å². The number of rotatable bonds is 3. The molecule has 27 heavy (non-hydrogen) atoms. The number of pyridine rings is 1. The van der Waals surface area contributed by atoms with Crippen LogP contribution in [0.25, 0.3) is 0 Å². The van der Waals surface area contributed by atoms with Gasteiger partial charge >= 0.3 is 0 Å². The third-order valence-corrected chi connectivity index (χ3v) is 6.47. The normalized spacial score (nSPS) is 21.6. The van der Waals surface area contributed by atoms with Crippen LogP contribution in [0.15, 0.2) is 47.4 Å². The number of likely N-dealkylation sites (tertiary alicyclic amines) is 1. The molecule has 2 amide bonds. The highest BCUT2D eigenvalue weighted by molar-refractivity contribution is 8.01. The molecular formula is C21H23N3O2S. The maximum atomic E-state index is 13.0. The van der Waals surface area contributed by atoms with Gasteiger partial charge in [0, 0.05) is 23.7 Å². The van der Waals surface area contributed by atoms with Crippen molar-refractivity contribution in [3.8, 4) is 0 Å². The van der Waals surface area contributed by atoms with E-state index in [-0.39, 0.29) is 23.0 Å². The lowest BCUT2D eigenvalue weighted by Crippen LogP contribution is -2.46. The molecule has 0 aliphatic carbocycles. The Balaban J connectivity index is 1.38. The van der Waals surface area contributed by atoms with Crippen molar-refractivity contribution in [2.45, 2.75) is 36.3 Å². The Labute approximate surface area is 163 Å². The molecule has 0 spiro atoms. The average Bonchev–Trinajstić information content (AvgIpc) is 3.12. The Morgan fingerprint density at radius 2 is 2.04 bits per heavy atom. The molecule has 1 N–H and O–H groups in total. The molecule has 1 aromatic heterocycles. The fourth-order valence-electron chi connectivity index (χ4n) is 3.76. The zero-order valence-electron chi connectivity index (χ0n) is 15.4. The summed E-state index contributed by atoms with van der Waals surface area (Å²) in [5, 5.41) is 2.84. The molecule has 0 saturated carbocycles. The summed E-state index contributed by atoms with van der Waals surface area (Å²) < 4.78 is 0. The van der Waals surface area contributed by atoms with Crippen molar-refractivity contribution in [2.24, 2.45) is 5.92 Å². The summed E-state index contributed by atoms with van der Waals surface area (Å²) in [6, 6.07) is 13.8. The molecule has 6 heteroatoms. The summed E-state index contributed by atoms with van der Waals surface area (Å²) in [5.41, 5.74) is 2.11. The quantitative estimate of drug-likeness (QED) is 0.886. The number of thioether (sulfide) groups is 1. The van der Waals surface area contributed by atoms with Crippen LogP contribution in [0.2, 0.25) is 0 Å². The van der Waals surface area contributed by atoms with Crippen LogP contribution in [0.4, 0.5) is 5.82 Å². The minimum Gasteiger partial charge on any atom is -0.341 e. The summed E-state index contributed by atoms with van der Waals surface area (Å²) in [5.74, 6) is 0.499. The van der Waals surface area contributed by atoms with Gasteiger partial charge in [0.1, 0.15) is 5.82 Å². The average molecular weight is 382 g/mol. The van der Waals surface area contributed by atoms with Crippen molar-refractivity contribution in [1.29, 1.82) is 0 Å². The van der Waals surface area contributed by atoms with E-state index >= 15 is 0 Å². The standard InChI is InChI=1S/C21H23N3O2S/c1-14-6-4-10-19(22-14)23-20(25)16-8-5-11-24(13-16)21(26)18-12-15-7-2-3-9-17(15)27-18/h2-4,6-7,9-10,16,18H,5,8,11-13H2,1H3,(H,22,23,25). The Morgan fingerprint density at radius 1 is 1.19 bits per heavy atom. The van der Waals surface area contributed by atoms with Crippen molar-refractivity contribution in [1.82, 2.24) is 9.88 Å². The molecule has 2 atom stereocenters. The molecule has 1 aromatic carbocycles. The van der Waals surface area contributed by atoms with Gasteiger partial charge < -0.3 is 10.2 Å². The second kappa shape index (κ2) is 7.72. The zero-order chi connectivity index (χ0) is 18.8. The van der Waals surface area contributed by atoms with E-state index in [1.165, 1.54) is 10.5 Å². The molecule has 1 fully saturated rings. The number of carbonyl (C=O) groups excluding carboxylic acids is 2. The maximum Gasteiger partial charge on any atom is 0.236 e. The Morgan fingerprint density at radius 3 is 2.85 bits per heavy atom. The van der Waals surface area contributed by atoms with Crippen molar-refractivity contribution in [2.75, 3.05) is 18.4 Å². The highest BCUT2D eigenvalue weighted by Crippen LogP contribution is 2.38. The van der Waals surface area contributed by atoms with E-state index in [1.54, 1.807) is 17.8 Å². The summed E-state index contributed by atoms with van der Waals surface area (Å²) in [6.07, 6.45) is 2.44. The fourth-order valence-corrected chi connectivity index (χ4v) is 5.03. The molecule has 0 bridgehead atoms. The minimum atomic E-state index is -0.182.